The third-order valence-corrected chi connectivity index (χ3v) is 7.81. The van der Waals surface area contributed by atoms with Gasteiger partial charge in [0.15, 0.2) is 0 Å². The molecule has 2 amide bonds. The fraction of sp³-hybridized carbons (Fsp3) is 0.321. The fourth-order valence-electron chi connectivity index (χ4n) is 4.53. The topological polar surface area (TPSA) is 84.5 Å². The number of carbonyl (C=O) groups is 3. The summed E-state index contributed by atoms with van der Waals surface area (Å²) >= 11 is 1.36. The van der Waals surface area contributed by atoms with Gasteiger partial charge in [0, 0.05) is 4.88 Å². The molecule has 0 radical (unpaired) electrons. The van der Waals surface area contributed by atoms with Crippen LogP contribution in [0.5, 0.6) is 0 Å². The van der Waals surface area contributed by atoms with Gasteiger partial charge in [0.1, 0.15) is 10.8 Å². The maximum absolute atomic E-state index is 14.3. The Kier molecular flexibility index (Phi) is 7.26. The molecule has 1 heterocycles. The summed E-state index contributed by atoms with van der Waals surface area (Å²) in [6, 6.07) is 12.3. The molecule has 0 spiro atoms. The third-order valence-electron chi connectivity index (χ3n) is 6.64. The monoisotopic (exact) mass is 508 g/mol. The van der Waals surface area contributed by atoms with Gasteiger partial charge in [0.25, 0.3) is 11.8 Å². The molecule has 4 rings (SSSR count). The first kappa shape index (κ1) is 25.6. The number of para-hydroxylation sites is 1. The highest BCUT2D eigenvalue weighted by atomic mass is 32.1. The van der Waals surface area contributed by atoms with E-state index in [1.54, 1.807) is 30.3 Å². The van der Waals surface area contributed by atoms with Crippen molar-refractivity contribution in [1.29, 1.82) is 0 Å². The lowest BCUT2D eigenvalue weighted by Crippen LogP contribution is -2.27. The number of amides is 2. The van der Waals surface area contributed by atoms with Crippen molar-refractivity contribution in [3.8, 4) is 0 Å². The summed E-state index contributed by atoms with van der Waals surface area (Å²) in [7, 11) is 1.28. The van der Waals surface area contributed by atoms with Crippen molar-refractivity contribution in [2.75, 3.05) is 17.7 Å². The van der Waals surface area contributed by atoms with Gasteiger partial charge in [-0.3, -0.25) is 9.59 Å². The van der Waals surface area contributed by atoms with Crippen LogP contribution in [-0.4, -0.2) is 24.9 Å². The number of anilines is 2. The van der Waals surface area contributed by atoms with Crippen LogP contribution in [0.4, 0.5) is 15.1 Å². The number of carbonyl (C=O) groups excluding carboxylic acids is 3. The van der Waals surface area contributed by atoms with Crippen LogP contribution in [0.2, 0.25) is 0 Å². The summed E-state index contributed by atoms with van der Waals surface area (Å²) in [5.74, 6) is -1.85. The number of methoxy groups -OCH3 is 1. The molecule has 0 saturated carbocycles. The molecule has 8 heteroatoms. The molecule has 188 valence electrons. The minimum Gasteiger partial charge on any atom is -0.465 e. The van der Waals surface area contributed by atoms with Crippen LogP contribution in [0.3, 0.4) is 0 Å². The van der Waals surface area contributed by atoms with Crippen LogP contribution in [0.1, 0.15) is 68.7 Å². The molecule has 0 bridgehead atoms. The van der Waals surface area contributed by atoms with Gasteiger partial charge in [-0.1, -0.05) is 45.0 Å². The summed E-state index contributed by atoms with van der Waals surface area (Å²) in [5.41, 5.74) is 1.77. The molecule has 36 heavy (non-hydrogen) atoms. The zero-order valence-electron chi connectivity index (χ0n) is 20.7. The maximum atomic E-state index is 14.3. The van der Waals surface area contributed by atoms with Gasteiger partial charge in [-0.15, -0.1) is 11.3 Å². The second kappa shape index (κ2) is 10.2. The van der Waals surface area contributed by atoms with E-state index >= 15 is 0 Å². The summed E-state index contributed by atoms with van der Waals surface area (Å²) < 4.78 is 19.1. The Hall–Kier alpha value is -3.52. The predicted octanol–water partition coefficient (Wildman–Crippen LogP) is 6.33. The number of hydrogen-bond donors (Lipinski definition) is 2. The molecule has 1 aromatic heterocycles. The molecule has 0 saturated heterocycles. The third kappa shape index (κ3) is 5.18. The number of rotatable bonds is 5. The first-order valence-corrected chi connectivity index (χ1v) is 12.6. The van der Waals surface area contributed by atoms with Crippen LogP contribution in [0.25, 0.3) is 0 Å². The molecule has 1 atom stereocenters. The molecule has 0 aliphatic heterocycles. The zero-order valence-corrected chi connectivity index (χ0v) is 21.6. The van der Waals surface area contributed by atoms with E-state index in [4.69, 9.17) is 4.74 Å². The van der Waals surface area contributed by atoms with Crippen LogP contribution in [0, 0.1) is 17.2 Å². The first-order valence-electron chi connectivity index (χ1n) is 11.8. The van der Waals surface area contributed by atoms with Gasteiger partial charge in [-0.25, -0.2) is 9.18 Å². The van der Waals surface area contributed by atoms with Gasteiger partial charge in [-0.05, 0) is 60.4 Å². The zero-order chi connectivity index (χ0) is 26.0. The van der Waals surface area contributed by atoms with Gasteiger partial charge in [0.2, 0.25) is 0 Å². The molecule has 1 aliphatic rings. The Morgan fingerprint density at radius 1 is 0.972 bits per heavy atom. The van der Waals surface area contributed by atoms with Crippen LogP contribution in [-0.2, 0) is 17.6 Å². The van der Waals surface area contributed by atoms with Crippen molar-refractivity contribution < 1.29 is 23.5 Å². The van der Waals surface area contributed by atoms with Gasteiger partial charge < -0.3 is 15.4 Å². The normalized spacial score (nSPS) is 15.1. The smallest absolute Gasteiger partial charge is 0.339 e. The Labute approximate surface area is 213 Å². The fourth-order valence-corrected chi connectivity index (χ4v) is 5.85. The van der Waals surface area contributed by atoms with Crippen LogP contribution >= 0.6 is 11.3 Å². The predicted molar refractivity (Wildman–Crippen MR) is 139 cm³/mol. The van der Waals surface area contributed by atoms with E-state index in [1.165, 1.54) is 36.6 Å². The van der Waals surface area contributed by atoms with E-state index in [2.05, 4.69) is 31.4 Å². The number of benzene rings is 2. The molecule has 6 nitrogen and oxygen atoms in total. The molecule has 0 fully saturated rings. The van der Waals surface area contributed by atoms with Gasteiger partial charge >= 0.3 is 5.97 Å². The van der Waals surface area contributed by atoms with Gasteiger partial charge in [0.05, 0.1) is 29.5 Å². The highest BCUT2D eigenvalue weighted by Gasteiger charge is 2.34. The quantitative estimate of drug-likeness (QED) is 0.395. The molecular weight excluding hydrogens is 479 g/mol. The number of hydrogen-bond acceptors (Lipinski definition) is 5. The summed E-state index contributed by atoms with van der Waals surface area (Å²) in [6.45, 7) is 6.61. The minimum atomic E-state index is -0.637. The number of halogens is 1. The van der Waals surface area contributed by atoms with Crippen LogP contribution in [0.15, 0.2) is 48.5 Å². The van der Waals surface area contributed by atoms with Crippen molar-refractivity contribution in [2.45, 2.75) is 40.0 Å². The maximum Gasteiger partial charge on any atom is 0.339 e. The van der Waals surface area contributed by atoms with E-state index in [0.717, 1.165) is 23.3 Å². The average molecular weight is 509 g/mol. The minimum absolute atomic E-state index is 0.0974. The van der Waals surface area contributed by atoms with Crippen LogP contribution < -0.4 is 10.6 Å². The number of fused-ring (bicyclic) bond motifs is 1. The number of thiophene rings is 1. The second-order valence-electron chi connectivity index (χ2n) is 9.94. The van der Waals surface area contributed by atoms with E-state index in [9.17, 15) is 18.8 Å². The Bertz CT molecular complexity index is 1330. The average Bonchev–Trinajstić information content (AvgIpc) is 3.20. The number of ether oxygens (including phenoxy) is 1. The van der Waals surface area contributed by atoms with E-state index in [1.807, 2.05) is 0 Å². The lowest BCUT2D eigenvalue weighted by atomic mass is 9.72. The first-order chi connectivity index (χ1) is 17.1. The molecule has 3 aromatic rings. The van der Waals surface area contributed by atoms with Crippen molar-refractivity contribution in [1.82, 2.24) is 0 Å². The summed E-state index contributed by atoms with van der Waals surface area (Å²) in [5, 5.41) is 5.98. The lowest BCUT2D eigenvalue weighted by molar-refractivity contribution is 0.0601. The summed E-state index contributed by atoms with van der Waals surface area (Å²) in [6.07, 6.45) is 2.38. The summed E-state index contributed by atoms with van der Waals surface area (Å²) in [4.78, 5) is 39.8. The van der Waals surface area contributed by atoms with Crippen molar-refractivity contribution in [3.05, 3.63) is 81.5 Å². The standard InChI is InChI=1S/C28H29FN2O4S/c1-28(2,3)16-13-14-19-22(15-16)36-26(31-24(32)17-9-5-7-11-20(17)29)23(19)25(33)30-21-12-8-6-10-18(21)27(34)35-4/h5-12,16H,13-15H2,1-4H3,(H,30,33)(H,31,32)/t16-/m0/s1. The van der Waals surface area contributed by atoms with Crippen molar-refractivity contribution in [2.24, 2.45) is 11.3 Å². The molecule has 0 unspecified atom stereocenters. The van der Waals surface area contributed by atoms with Crippen molar-refractivity contribution >= 4 is 39.8 Å². The Morgan fingerprint density at radius 3 is 2.31 bits per heavy atom. The largest absolute Gasteiger partial charge is 0.465 e. The Balaban J connectivity index is 1.72. The highest BCUT2D eigenvalue weighted by Crippen LogP contribution is 2.44. The molecule has 2 N–H and O–H groups in total. The second-order valence-corrected chi connectivity index (χ2v) is 11.0. The number of nitrogens with one attached hydrogen (secondary N) is 2. The molecule has 2 aromatic carbocycles. The molecular formula is C28H29FN2O4S. The molecule has 1 aliphatic carbocycles. The van der Waals surface area contributed by atoms with Crippen molar-refractivity contribution in [3.63, 3.8) is 0 Å². The van der Waals surface area contributed by atoms with E-state index in [0.29, 0.717) is 28.6 Å². The van der Waals surface area contributed by atoms with Gasteiger partial charge in [-0.2, -0.15) is 0 Å². The lowest BCUT2D eigenvalue weighted by Gasteiger charge is -2.33. The van der Waals surface area contributed by atoms with E-state index < -0.39 is 23.6 Å². The Morgan fingerprint density at radius 2 is 1.64 bits per heavy atom. The van der Waals surface area contributed by atoms with E-state index in [-0.39, 0.29) is 16.5 Å². The number of esters is 1. The highest BCUT2D eigenvalue weighted by molar-refractivity contribution is 7.17. The SMILES string of the molecule is COC(=O)c1ccccc1NC(=O)c1c(NC(=O)c2ccccc2F)sc2c1CC[C@H](C(C)(C)C)C2.